The first-order valence-corrected chi connectivity index (χ1v) is 8.60. The Morgan fingerprint density at radius 3 is 2.91 bits per heavy atom. The number of guanidine groups is 1. The second-order valence-corrected chi connectivity index (χ2v) is 6.81. The first-order chi connectivity index (χ1) is 10.6. The number of aliphatic imine (C=N–C) groups is 1. The zero-order valence-corrected chi connectivity index (χ0v) is 16.7. The third-order valence-electron chi connectivity index (χ3n) is 3.96. The van der Waals surface area contributed by atoms with Gasteiger partial charge in [0.15, 0.2) is 5.96 Å². The number of hydrogen-bond acceptors (Lipinski definition) is 3. The van der Waals surface area contributed by atoms with E-state index in [0.29, 0.717) is 18.4 Å². The standard InChI is InChI=1S/C17H22N4S.HI/c1-11(16-20-12(2)10-22-16)9-19-17(18)21-15-7-6-13-4-3-5-14(13)8-15;/h6-8,10-11H,3-5,9H2,1-2H3,(H3,18,19,21);1H. The van der Waals surface area contributed by atoms with E-state index < -0.39 is 0 Å². The number of aryl methyl sites for hydroxylation is 3. The van der Waals surface area contributed by atoms with E-state index in [4.69, 9.17) is 5.73 Å². The van der Waals surface area contributed by atoms with Crippen molar-refractivity contribution in [1.82, 2.24) is 4.98 Å². The van der Waals surface area contributed by atoms with Crippen LogP contribution in [0.2, 0.25) is 0 Å². The molecule has 23 heavy (non-hydrogen) atoms. The molecule has 1 aromatic heterocycles. The van der Waals surface area contributed by atoms with E-state index in [0.717, 1.165) is 16.4 Å². The van der Waals surface area contributed by atoms with Gasteiger partial charge in [-0.25, -0.2) is 4.98 Å². The fourth-order valence-corrected chi connectivity index (χ4v) is 3.60. The van der Waals surface area contributed by atoms with Crippen molar-refractivity contribution >= 4 is 47.0 Å². The minimum absolute atomic E-state index is 0. The molecule has 1 unspecified atom stereocenters. The van der Waals surface area contributed by atoms with Gasteiger partial charge in [0.2, 0.25) is 0 Å². The summed E-state index contributed by atoms with van der Waals surface area (Å²) < 4.78 is 0. The summed E-state index contributed by atoms with van der Waals surface area (Å²) in [7, 11) is 0. The number of hydrogen-bond donors (Lipinski definition) is 2. The molecule has 0 amide bonds. The van der Waals surface area contributed by atoms with Gasteiger partial charge in [0.05, 0.1) is 11.6 Å². The minimum atomic E-state index is 0. The summed E-state index contributed by atoms with van der Waals surface area (Å²) >= 11 is 1.69. The molecular weight excluding hydrogens is 419 g/mol. The molecule has 0 bridgehead atoms. The van der Waals surface area contributed by atoms with Gasteiger partial charge >= 0.3 is 0 Å². The summed E-state index contributed by atoms with van der Waals surface area (Å²) in [5.74, 6) is 0.761. The van der Waals surface area contributed by atoms with Crippen molar-refractivity contribution in [3.05, 3.63) is 45.4 Å². The third-order valence-corrected chi connectivity index (χ3v) is 5.16. The van der Waals surface area contributed by atoms with Crippen molar-refractivity contribution in [2.24, 2.45) is 10.7 Å². The Bertz CT molecular complexity index is 696. The summed E-state index contributed by atoms with van der Waals surface area (Å²) in [5.41, 5.74) is 11.0. The third kappa shape index (κ3) is 4.67. The van der Waals surface area contributed by atoms with E-state index in [9.17, 15) is 0 Å². The molecule has 0 saturated carbocycles. The first kappa shape index (κ1) is 18.2. The van der Waals surface area contributed by atoms with Crippen molar-refractivity contribution in [2.45, 2.75) is 39.0 Å². The van der Waals surface area contributed by atoms with Crippen molar-refractivity contribution in [1.29, 1.82) is 0 Å². The fraction of sp³-hybridized carbons (Fsp3) is 0.412. The van der Waals surface area contributed by atoms with E-state index in [1.807, 2.05) is 6.92 Å². The van der Waals surface area contributed by atoms with Gasteiger partial charge < -0.3 is 11.1 Å². The van der Waals surface area contributed by atoms with E-state index in [2.05, 4.69) is 45.8 Å². The predicted molar refractivity (Wildman–Crippen MR) is 109 cm³/mol. The fourth-order valence-electron chi connectivity index (χ4n) is 2.75. The SMILES string of the molecule is Cc1csc(C(C)CN=C(N)Nc2ccc3c(c2)CCC3)n1.I. The van der Waals surface area contributed by atoms with Crippen LogP contribution in [0.4, 0.5) is 5.69 Å². The van der Waals surface area contributed by atoms with Gasteiger partial charge in [0.25, 0.3) is 0 Å². The minimum Gasteiger partial charge on any atom is -0.370 e. The number of benzene rings is 1. The lowest BCUT2D eigenvalue weighted by atomic mass is 10.1. The molecule has 0 spiro atoms. The van der Waals surface area contributed by atoms with Crippen LogP contribution in [0.3, 0.4) is 0 Å². The number of fused-ring (bicyclic) bond motifs is 1. The molecule has 124 valence electrons. The van der Waals surface area contributed by atoms with Crippen LogP contribution in [-0.2, 0) is 12.8 Å². The van der Waals surface area contributed by atoms with Crippen molar-refractivity contribution in [3.8, 4) is 0 Å². The van der Waals surface area contributed by atoms with Crippen LogP contribution in [0.25, 0.3) is 0 Å². The molecule has 1 aliphatic carbocycles. The quantitative estimate of drug-likeness (QED) is 0.426. The van der Waals surface area contributed by atoms with Gasteiger partial charge in [-0.05, 0) is 49.4 Å². The number of rotatable bonds is 4. The second-order valence-electron chi connectivity index (χ2n) is 5.92. The molecule has 6 heteroatoms. The Balaban J connectivity index is 0.00000192. The molecule has 1 aromatic carbocycles. The summed E-state index contributed by atoms with van der Waals surface area (Å²) in [4.78, 5) is 8.95. The molecule has 0 aliphatic heterocycles. The van der Waals surface area contributed by atoms with Gasteiger partial charge in [-0.3, -0.25) is 4.99 Å². The Kier molecular flexibility index (Phi) is 6.41. The molecule has 0 fully saturated rings. The zero-order chi connectivity index (χ0) is 15.5. The Morgan fingerprint density at radius 1 is 1.39 bits per heavy atom. The number of nitrogens with zero attached hydrogens (tertiary/aromatic N) is 2. The van der Waals surface area contributed by atoms with Gasteiger partial charge in [0.1, 0.15) is 0 Å². The van der Waals surface area contributed by atoms with Crippen molar-refractivity contribution in [2.75, 3.05) is 11.9 Å². The lowest BCUT2D eigenvalue weighted by molar-refractivity contribution is 0.763. The van der Waals surface area contributed by atoms with Crippen LogP contribution in [0, 0.1) is 6.92 Å². The Morgan fingerprint density at radius 2 is 2.17 bits per heavy atom. The smallest absolute Gasteiger partial charge is 0.193 e. The van der Waals surface area contributed by atoms with Crippen LogP contribution < -0.4 is 11.1 Å². The van der Waals surface area contributed by atoms with E-state index in [1.165, 1.54) is 30.4 Å². The number of anilines is 1. The van der Waals surface area contributed by atoms with E-state index in [-0.39, 0.29) is 24.0 Å². The number of halogens is 1. The normalized spacial score (nSPS) is 15.0. The monoisotopic (exact) mass is 442 g/mol. The highest BCUT2D eigenvalue weighted by Crippen LogP contribution is 2.25. The average molecular weight is 442 g/mol. The first-order valence-electron chi connectivity index (χ1n) is 7.72. The maximum Gasteiger partial charge on any atom is 0.193 e. The molecule has 3 N–H and O–H groups in total. The van der Waals surface area contributed by atoms with E-state index in [1.54, 1.807) is 11.3 Å². The average Bonchev–Trinajstić information content (AvgIpc) is 3.13. The van der Waals surface area contributed by atoms with Crippen LogP contribution in [0.1, 0.15) is 41.1 Å². The number of nitrogens with one attached hydrogen (secondary N) is 1. The molecule has 2 aromatic rings. The van der Waals surface area contributed by atoms with Crippen molar-refractivity contribution in [3.63, 3.8) is 0 Å². The van der Waals surface area contributed by atoms with Crippen LogP contribution in [0.5, 0.6) is 0 Å². The van der Waals surface area contributed by atoms with Gasteiger partial charge in [-0.2, -0.15) is 0 Å². The summed E-state index contributed by atoms with van der Waals surface area (Å²) in [6.07, 6.45) is 3.62. The van der Waals surface area contributed by atoms with Crippen LogP contribution in [0.15, 0.2) is 28.6 Å². The largest absolute Gasteiger partial charge is 0.370 e. The maximum absolute atomic E-state index is 6.00. The molecule has 1 heterocycles. The Labute approximate surface area is 158 Å². The summed E-state index contributed by atoms with van der Waals surface area (Å²) in [6.45, 7) is 4.79. The van der Waals surface area contributed by atoms with Gasteiger partial charge in [-0.1, -0.05) is 13.0 Å². The van der Waals surface area contributed by atoms with Crippen LogP contribution >= 0.6 is 35.3 Å². The molecule has 3 rings (SSSR count). The lowest BCUT2D eigenvalue weighted by Crippen LogP contribution is -2.23. The molecule has 4 nitrogen and oxygen atoms in total. The number of thiazole rings is 1. The molecule has 1 aliphatic rings. The number of aromatic nitrogens is 1. The molecule has 0 radical (unpaired) electrons. The topological polar surface area (TPSA) is 63.3 Å². The Hall–Kier alpha value is -1.15. The number of nitrogens with two attached hydrogens (primary N) is 1. The van der Waals surface area contributed by atoms with Gasteiger partial charge in [0, 0.05) is 22.7 Å². The second kappa shape index (κ2) is 8.10. The zero-order valence-electron chi connectivity index (χ0n) is 13.5. The summed E-state index contributed by atoms with van der Waals surface area (Å²) in [5, 5.41) is 6.38. The maximum atomic E-state index is 6.00. The highest BCUT2D eigenvalue weighted by molar-refractivity contribution is 14.0. The predicted octanol–water partition coefficient (Wildman–Crippen LogP) is 4.09. The molecule has 0 saturated heterocycles. The summed E-state index contributed by atoms with van der Waals surface area (Å²) in [6, 6.07) is 6.47. The molecular formula is C17H23IN4S. The van der Waals surface area contributed by atoms with Crippen LogP contribution in [-0.4, -0.2) is 17.5 Å². The van der Waals surface area contributed by atoms with Gasteiger partial charge in [-0.15, -0.1) is 35.3 Å². The lowest BCUT2D eigenvalue weighted by Gasteiger charge is -2.09. The highest BCUT2D eigenvalue weighted by Gasteiger charge is 2.11. The van der Waals surface area contributed by atoms with Crippen molar-refractivity contribution < 1.29 is 0 Å². The molecule has 1 atom stereocenters. The van der Waals surface area contributed by atoms with E-state index >= 15 is 0 Å². The highest BCUT2D eigenvalue weighted by atomic mass is 127.